The number of ether oxygens (including phenoxy) is 2. The van der Waals surface area contributed by atoms with Gasteiger partial charge >= 0.3 is 0 Å². The molecule has 182 valence electrons. The van der Waals surface area contributed by atoms with Gasteiger partial charge in [0.25, 0.3) is 5.91 Å². The molecule has 34 heavy (non-hydrogen) atoms. The van der Waals surface area contributed by atoms with E-state index >= 15 is 0 Å². The number of amides is 2. The van der Waals surface area contributed by atoms with Crippen LogP contribution in [0.4, 0.5) is 5.69 Å². The van der Waals surface area contributed by atoms with Crippen LogP contribution >= 0.6 is 0 Å². The minimum Gasteiger partial charge on any atom is -0.497 e. The third kappa shape index (κ3) is 6.36. The number of nitrogens with zero attached hydrogens (tertiary/aromatic N) is 2. The van der Waals surface area contributed by atoms with E-state index in [1.807, 2.05) is 30.3 Å². The van der Waals surface area contributed by atoms with E-state index in [0.717, 1.165) is 52.0 Å². The maximum Gasteiger partial charge on any atom is 0.258 e. The predicted octanol–water partition coefficient (Wildman–Crippen LogP) is 3.35. The number of anilines is 1. The minimum absolute atomic E-state index is 0.0181. The molecule has 2 aliphatic rings. The number of rotatable bonds is 8. The maximum atomic E-state index is 13.3. The minimum atomic E-state index is -0.214. The highest BCUT2D eigenvalue weighted by molar-refractivity contribution is 6.08. The monoisotopic (exact) mass is 465 g/mol. The van der Waals surface area contributed by atoms with E-state index in [9.17, 15) is 9.59 Å². The van der Waals surface area contributed by atoms with E-state index in [2.05, 4.69) is 10.2 Å². The molecule has 0 unspecified atom stereocenters. The summed E-state index contributed by atoms with van der Waals surface area (Å²) in [6.45, 7) is 4.53. The van der Waals surface area contributed by atoms with Gasteiger partial charge in [-0.2, -0.15) is 0 Å². The van der Waals surface area contributed by atoms with E-state index in [1.54, 1.807) is 31.4 Å². The Morgan fingerprint density at radius 2 is 1.68 bits per heavy atom. The van der Waals surface area contributed by atoms with Crippen molar-refractivity contribution in [3.63, 3.8) is 0 Å². The van der Waals surface area contributed by atoms with Gasteiger partial charge in [-0.1, -0.05) is 18.2 Å². The van der Waals surface area contributed by atoms with Crippen molar-refractivity contribution in [3.8, 4) is 5.75 Å². The molecule has 2 aliphatic heterocycles. The molecule has 2 fully saturated rings. The van der Waals surface area contributed by atoms with E-state index in [1.165, 1.54) is 4.90 Å². The first-order valence-electron chi connectivity index (χ1n) is 12.2. The Balaban J connectivity index is 1.31. The Morgan fingerprint density at radius 3 is 2.32 bits per heavy atom. The second-order valence-electron chi connectivity index (χ2n) is 9.08. The fourth-order valence-electron chi connectivity index (χ4n) is 4.81. The average molecular weight is 466 g/mol. The Labute approximate surface area is 202 Å². The predicted molar refractivity (Wildman–Crippen MR) is 132 cm³/mol. The summed E-state index contributed by atoms with van der Waals surface area (Å²) in [6.07, 6.45) is 4.42. The number of hydrogen-bond donors (Lipinski definition) is 1. The lowest BCUT2D eigenvalue weighted by atomic mass is 9.94. The SMILES string of the molecule is COc1ccc(C(=O)N(CC(=O)NCC2CCN(C3CCOCC3)CC2)c2ccccc2)cc1. The van der Waals surface area contributed by atoms with Gasteiger partial charge in [-0.25, -0.2) is 0 Å². The van der Waals surface area contributed by atoms with Crippen LogP contribution in [0, 0.1) is 5.92 Å². The van der Waals surface area contributed by atoms with Crippen LogP contribution in [0.25, 0.3) is 0 Å². The first-order valence-corrected chi connectivity index (χ1v) is 12.2. The van der Waals surface area contributed by atoms with Crippen molar-refractivity contribution >= 4 is 17.5 Å². The van der Waals surface area contributed by atoms with Crippen molar-refractivity contribution in [2.45, 2.75) is 31.7 Å². The molecule has 0 aromatic heterocycles. The zero-order valence-electron chi connectivity index (χ0n) is 19.9. The van der Waals surface area contributed by atoms with Crippen LogP contribution in [0.2, 0.25) is 0 Å². The third-order valence-corrected chi connectivity index (χ3v) is 6.90. The smallest absolute Gasteiger partial charge is 0.258 e. The summed E-state index contributed by atoms with van der Waals surface area (Å²) in [4.78, 5) is 30.3. The van der Waals surface area contributed by atoms with Crippen LogP contribution in [-0.2, 0) is 9.53 Å². The van der Waals surface area contributed by atoms with Crippen LogP contribution in [0.1, 0.15) is 36.0 Å². The lowest BCUT2D eigenvalue weighted by Gasteiger charge is -2.39. The molecule has 0 saturated carbocycles. The van der Waals surface area contributed by atoms with E-state index in [0.29, 0.717) is 35.5 Å². The molecule has 7 heteroatoms. The number of carbonyl (C=O) groups excluding carboxylic acids is 2. The van der Waals surface area contributed by atoms with Gasteiger partial charge in [0.05, 0.1) is 7.11 Å². The lowest BCUT2D eigenvalue weighted by Crippen LogP contribution is -2.46. The molecule has 2 aromatic rings. The molecule has 7 nitrogen and oxygen atoms in total. The molecule has 0 bridgehead atoms. The van der Waals surface area contributed by atoms with Crippen LogP contribution in [-0.4, -0.2) is 69.3 Å². The topological polar surface area (TPSA) is 71.1 Å². The van der Waals surface area contributed by atoms with Gasteiger partial charge in [-0.05, 0) is 81.1 Å². The number of carbonyl (C=O) groups is 2. The van der Waals surface area contributed by atoms with Gasteiger partial charge in [-0.3, -0.25) is 14.5 Å². The Morgan fingerprint density at radius 1 is 1.00 bits per heavy atom. The van der Waals surface area contributed by atoms with Crippen molar-refractivity contribution in [3.05, 3.63) is 60.2 Å². The summed E-state index contributed by atoms with van der Waals surface area (Å²) in [7, 11) is 1.59. The van der Waals surface area contributed by atoms with Crippen molar-refractivity contribution < 1.29 is 19.1 Å². The number of methoxy groups -OCH3 is 1. The molecule has 0 atom stereocenters. The Kier molecular flexibility index (Phi) is 8.55. The fraction of sp³-hybridized carbons (Fsp3) is 0.481. The van der Waals surface area contributed by atoms with Gasteiger partial charge in [0.15, 0.2) is 0 Å². The lowest BCUT2D eigenvalue weighted by molar-refractivity contribution is -0.120. The van der Waals surface area contributed by atoms with Gasteiger partial charge < -0.3 is 19.7 Å². The summed E-state index contributed by atoms with van der Waals surface area (Å²) in [5.41, 5.74) is 1.21. The molecule has 0 spiro atoms. The quantitative estimate of drug-likeness (QED) is 0.648. The summed E-state index contributed by atoms with van der Waals surface area (Å²) < 4.78 is 10.7. The zero-order valence-corrected chi connectivity index (χ0v) is 19.9. The number of para-hydroxylation sites is 1. The van der Waals surface area contributed by atoms with Crippen molar-refractivity contribution in [1.29, 1.82) is 0 Å². The van der Waals surface area contributed by atoms with Crippen molar-refractivity contribution in [2.75, 3.05) is 51.4 Å². The Hall–Kier alpha value is -2.90. The van der Waals surface area contributed by atoms with E-state index in [4.69, 9.17) is 9.47 Å². The molecule has 0 aliphatic carbocycles. The highest BCUT2D eigenvalue weighted by Gasteiger charge is 2.27. The molecule has 4 rings (SSSR count). The molecular formula is C27H35N3O4. The number of benzene rings is 2. The van der Waals surface area contributed by atoms with Crippen LogP contribution in [0.3, 0.4) is 0 Å². The van der Waals surface area contributed by atoms with Gasteiger partial charge in [-0.15, -0.1) is 0 Å². The Bertz CT molecular complexity index is 921. The number of hydrogen-bond acceptors (Lipinski definition) is 5. The first-order chi connectivity index (χ1) is 16.6. The second-order valence-corrected chi connectivity index (χ2v) is 9.08. The highest BCUT2D eigenvalue weighted by atomic mass is 16.5. The molecule has 1 N–H and O–H groups in total. The number of piperidine rings is 1. The molecule has 2 amide bonds. The van der Waals surface area contributed by atoms with Crippen LogP contribution in [0.15, 0.2) is 54.6 Å². The van der Waals surface area contributed by atoms with Crippen LogP contribution < -0.4 is 15.0 Å². The molecule has 2 saturated heterocycles. The molecular weight excluding hydrogens is 430 g/mol. The molecule has 2 aromatic carbocycles. The summed E-state index contributed by atoms with van der Waals surface area (Å²) in [6, 6.07) is 16.9. The van der Waals surface area contributed by atoms with Gasteiger partial charge in [0.2, 0.25) is 5.91 Å². The van der Waals surface area contributed by atoms with E-state index in [-0.39, 0.29) is 18.4 Å². The second kappa shape index (κ2) is 12.0. The van der Waals surface area contributed by atoms with Gasteiger partial charge in [0, 0.05) is 37.1 Å². The van der Waals surface area contributed by atoms with Gasteiger partial charge in [0.1, 0.15) is 12.3 Å². The summed E-state index contributed by atoms with van der Waals surface area (Å²) in [5.74, 6) is 0.803. The van der Waals surface area contributed by atoms with Crippen LogP contribution in [0.5, 0.6) is 5.75 Å². The number of nitrogens with one attached hydrogen (secondary N) is 1. The first kappa shape index (κ1) is 24.2. The molecule has 0 radical (unpaired) electrons. The van der Waals surface area contributed by atoms with E-state index < -0.39 is 0 Å². The average Bonchev–Trinajstić information content (AvgIpc) is 2.91. The molecule has 2 heterocycles. The van der Waals surface area contributed by atoms with Crippen molar-refractivity contribution in [2.24, 2.45) is 5.92 Å². The van der Waals surface area contributed by atoms with Crippen molar-refractivity contribution in [1.82, 2.24) is 10.2 Å². The summed E-state index contributed by atoms with van der Waals surface area (Å²) >= 11 is 0. The zero-order chi connectivity index (χ0) is 23.8. The number of likely N-dealkylation sites (tertiary alicyclic amines) is 1. The normalized spacial score (nSPS) is 17.8. The standard InChI is InChI=1S/C27H35N3O4/c1-33-25-9-7-22(8-10-25)27(32)30(24-5-3-2-4-6-24)20-26(31)28-19-21-11-15-29(16-12-21)23-13-17-34-18-14-23/h2-10,21,23H,11-20H2,1H3,(H,28,31). The third-order valence-electron chi connectivity index (χ3n) is 6.90. The largest absolute Gasteiger partial charge is 0.497 e. The maximum absolute atomic E-state index is 13.3. The summed E-state index contributed by atoms with van der Waals surface area (Å²) in [5, 5.41) is 3.08. The highest BCUT2D eigenvalue weighted by Crippen LogP contribution is 2.23. The fourth-order valence-corrected chi connectivity index (χ4v) is 4.81.